The minimum atomic E-state index is -3.82. The van der Waals surface area contributed by atoms with Gasteiger partial charge in [-0.25, -0.2) is 17.8 Å². The van der Waals surface area contributed by atoms with E-state index >= 15 is 0 Å². The molecule has 1 aromatic heterocycles. The summed E-state index contributed by atoms with van der Waals surface area (Å²) in [5, 5.41) is 0.425. The number of anilines is 1. The van der Waals surface area contributed by atoms with Crippen molar-refractivity contribution in [2.24, 2.45) is 0 Å². The third kappa shape index (κ3) is 4.80. The summed E-state index contributed by atoms with van der Waals surface area (Å²) in [5.74, 6) is -0.802. The molecule has 2 aromatic rings. The van der Waals surface area contributed by atoms with Gasteiger partial charge in [0.2, 0.25) is 10.0 Å². The van der Waals surface area contributed by atoms with Crippen LogP contribution in [0, 0.1) is 12.7 Å². The van der Waals surface area contributed by atoms with Gasteiger partial charge >= 0.3 is 0 Å². The zero-order chi connectivity index (χ0) is 17.9. The molecule has 1 atom stereocenters. The second kappa shape index (κ2) is 7.65. The number of rotatable bonds is 6. The Bertz CT molecular complexity index is 829. The SMILES string of the molecule is COC(CS(=O)(=O)Nc1nc(C)c(Cl)cc1Cl)c1ccc(F)cc1. The Kier molecular flexibility index (Phi) is 6.03. The van der Waals surface area contributed by atoms with Crippen LogP contribution < -0.4 is 4.72 Å². The van der Waals surface area contributed by atoms with Gasteiger partial charge in [0.05, 0.1) is 27.6 Å². The average molecular weight is 393 g/mol. The number of methoxy groups -OCH3 is 1. The zero-order valence-corrected chi connectivity index (χ0v) is 15.2. The lowest BCUT2D eigenvalue weighted by Crippen LogP contribution is -2.23. The van der Waals surface area contributed by atoms with Gasteiger partial charge in [0.25, 0.3) is 0 Å². The van der Waals surface area contributed by atoms with Crippen LogP contribution in [0.25, 0.3) is 0 Å². The third-order valence-electron chi connectivity index (χ3n) is 3.25. The molecule has 0 fully saturated rings. The van der Waals surface area contributed by atoms with E-state index in [9.17, 15) is 12.8 Å². The maximum Gasteiger partial charge on any atom is 0.236 e. The number of sulfonamides is 1. The van der Waals surface area contributed by atoms with E-state index in [1.807, 2.05) is 0 Å². The van der Waals surface area contributed by atoms with Crippen LogP contribution in [0.3, 0.4) is 0 Å². The molecule has 0 amide bonds. The van der Waals surface area contributed by atoms with Gasteiger partial charge in [0, 0.05) is 7.11 Å². The molecule has 0 spiro atoms. The lowest BCUT2D eigenvalue weighted by molar-refractivity contribution is 0.122. The molecule has 0 aliphatic carbocycles. The Hall–Kier alpha value is -1.41. The lowest BCUT2D eigenvalue weighted by Gasteiger charge is -2.17. The molecule has 0 aliphatic heterocycles. The van der Waals surface area contributed by atoms with Crippen LogP contribution in [0.4, 0.5) is 10.2 Å². The van der Waals surface area contributed by atoms with Crippen molar-refractivity contribution in [3.8, 4) is 0 Å². The summed E-state index contributed by atoms with van der Waals surface area (Å²) in [4.78, 5) is 4.03. The molecule has 0 saturated carbocycles. The van der Waals surface area contributed by atoms with E-state index < -0.39 is 21.9 Å². The van der Waals surface area contributed by atoms with Gasteiger partial charge in [-0.2, -0.15) is 0 Å². The van der Waals surface area contributed by atoms with E-state index in [-0.39, 0.29) is 16.6 Å². The third-order valence-corrected chi connectivity index (χ3v) is 5.17. The van der Waals surface area contributed by atoms with Gasteiger partial charge in [-0.3, -0.25) is 4.72 Å². The topological polar surface area (TPSA) is 68.3 Å². The predicted molar refractivity (Wildman–Crippen MR) is 92.6 cm³/mol. The number of benzene rings is 1. The van der Waals surface area contributed by atoms with Gasteiger partial charge in [0.1, 0.15) is 5.82 Å². The minimum Gasteiger partial charge on any atom is -0.376 e. The Morgan fingerprint density at radius 1 is 1.25 bits per heavy atom. The molecule has 24 heavy (non-hydrogen) atoms. The number of halogens is 3. The Morgan fingerprint density at radius 2 is 1.88 bits per heavy atom. The van der Waals surface area contributed by atoms with Crippen LogP contribution in [0.2, 0.25) is 10.0 Å². The van der Waals surface area contributed by atoms with Crippen molar-refractivity contribution in [2.45, 2.75) is 13.0 Å². The van der Waals surface area contributed by atoms with Crippen molar-refractivity contribution in [3.05, 3.63) is 57.5 Å². The highest BCUT2D eigenvalue weighted by Gasteiger charge is 2.22. The lowest BCUT2D eigenvalue weighted by atomic mass is 10.1. The summed E-state index contributed by atoms with van der Waals surface area (Å²) in [6, 6.07) is 6.83. The van der Waals surface area contributed by atoms with E-state index in [1.54, 1.807) is 6.92 Å². The second-order valence-electron chi connectivity index (χ2n) is 5.05. The summed E-state index contributed by atoms with van der Waals surface area (Å²) in [5.41, 5.74) is 0.983. The number of ether oxygens (including phenoxy) is 1. The van der Waals surface area contributed by atoms with E-state index in [1.165, 1.54) is 37.4 Å². The van der Waals surface area contributed by atoms with Crippen molar-refractivity contribution in [1.29, 1.82) is 0 Å². The zero-order valence-electron chi connectivity index (χ0n) is 12.9. The highest BCUT2D eigenvalue weighted by atomic mass is 35.5. The first kappa shape index (κ1) is 18.9. The Balaban J connectivity index is 2.21. The first-order valence-corrected chi connectivity index (χ1v) is 9.24. The fourth-order valence-corrected chi connectivity index (χ4v) is 3.72. The van der Waals surface area contributed by atoms with Gasteiger partial charge in [0.15, 0.2) is 5.82 Å². The van der Waals surface area contributed by atoms with Crippen molar-refractivity contribution in [1.82, 2.24) is 4.98 Å². The maximum atomic E-state index is 13.0. The Labute approximate surface area is 149 Å². The summed E-state index contributed by atoms with van der Waals surface area (Å²) in [6.45, 7) is 1.63. The number of nitrogens with zero attached hydrogens (tertiary/aromatic N) is 1. The van der Waals surface area contributed by atoms with Gasteiger partial charge in [-0.1, -0.05) is 35.3 Å². The molecule has 1 N–H and O–H groups in total. The molecule has 0 saturated heterocycles. The quantitative estimate of drug-likeness (QED) is 0.807. The number of hydrogen-bond donors (Lipinski definition) is 1. The molecule has 130 valence electrons. The number of pyridine rings is 1. The molecule has 1 unspecified atom stereocenters. The summed E-state index contributed by atoms with van der Waals surface area (Å²) in [7, 11) is -2.44. The minimum absolute atomic E-state index is 0.00692. The van der Waals surface area contributed by atoms with E-state index in [0.29, 0.717) is 16.3 Å². The second-order valence-corrected chi connectivity index (χ2v) is 7.63. The van der Waals surface area contributed by atoms with Gasteiger partial charge in [-0.15, -0.1) is 0 Å². The molecular formula is C15H15Cl2FN2O3S. The van der Waals surface area contributed by atoms with Crippen molar-refractivity contribution in [3.63, 3.8) is 0 Å². The van der Waals surface area contributed by atoms with Crippen molar-refractivity contribution in [2.75, 3.05) is 17.6 Å². The normalized spacial score (nSPS) is 12.9. The molecule has 0 bridgehead atoms. The largest absolute Gasteiger partial charge is 0.376 e. The summed E-state index contributed by atoms with van der Waals surface area (Å²) >= 11 is 11.8. The fourth-order valence-electron chi connectivity index (χ4n) is 2.00. The van der Waals surface area contributed by atoms with Crippen LogP contribution in [0.15, 0.2) is 30.3 Å². The highest BCUT2D eigenvalue weighted by Crippen LogP contribution is 2.27. The predicted octanol–water partition coefficient (Wildman–Crippen LogP) is 3.97. The average Bonchev–Trinajstić information content (AvgIpc) is 2.51. The highest BCUT2D eigenvalue weighted by molar-refractivity contribution is 7.92. The maximum absolute atomic E-state index is 13.0. The number of aryl methyl sites for hydroxylation is 1. The van der Waals surface area contributed by atoms with Crippen LogP contribution in [0.5, 0.6) is 0 Å². The van der Waals surface area contributed by atoms with Crippen LogP contribution in [-0.2, 0) is 14.8 Å². The standard InChI is InChI=1S/C15H15Cl2FN2O3S/c1-9-12(16)7-13(17)15(19-9)20-24(21,22)8-14(23-2)10-3-5-11(18)6-4-10/h3-7,14H,8H2,1-2H3,(H,19,20). The van der Waals surface area contributed by atoms with E-state index in [0.717, 1.165) is 0 Å². The number of aromatic nitrogens is 1. The van der Waals surface area contributed by atoms with Crippen molar-refractivity contribution >= 4 is 39.0 Å². The monoisotopic (exact) mass is 392 g/mol. The molecule has 1 heterocycles. The first-order valence-electron chi connectivity index (χ1n) is 6.83. The molecule has 1 aromatic carbocycles. The van der Waals surface area contributed by atoms with E-state index in [4.69, 9.17) is 27.9 Å². The molecule has 5 nitrogen and oxygen atoms in total. The van der Waals surface area contributed by atoms with Crippen LogP contribution in [0.1, 0.15) is 17.4 Å². The van der Waals surface area contributed by atoms with Crippen molar-refractivity contribution < 1.29 is 17.5 Å². The van der Waals surface area contributed by atoms with Gasteiger partial charge in [-0.05, 0) is 30.7 Å². The number of nitrogens with one attached hydrogen (secondary N) is 1. The number of hydrogen-bond acceptors (Lipinski definition) is 4. The molecule has 0 aliphatic rings. The van der Waals surface area contributed by atoms with Gasteiger partial charge < -0.3 is 4.74 Å². The fraction of sp³-hybridized carbons (Fsp3) is 0.267. The first-order chi connectivity index (χ1) is 11.2. The summed E-state index contributed by atoms with van der Waals surface area (Å²) in [6.07, 6.45) is -0.768. The smallest absolute Gasteiger partial charge is 0.236 e. The summed E-state index contributed by atoms with van der Waals surface area (Å²) < 4.78 is 45.2. The molecule has 9 heteroatoms. The van der Waals surface area contributed by atoms with E-state index in [2.05, 4.69) is 9.71 Å². The molecule has 0 radical (unpaired) electrons. The Morgan fingerprint density at radius 3 is 2.46 bits per heavy atom. The molecular weight excluding hydrogens is 378 g/mol. The van der Waals surface area contributed by atoms with Crippen LogP contribution >= 0.6 is 23.2 Å². The molecule has 2 rings (SSSR count). The van der Waals surface area contributed by atoms with Crippen LogP contribution in [-0.4, -0.2) is 26.3 Å².